The molecule has 1 heterocycles. The van der Waals surface area contributed by atoms with E-state index in [9.17, 15) is 9.90 Å². The first kappa shape index (κ1) is 25.5. The summed E-state index contributed by atoms with van der Waals surface area (Å²) in [6.45, 7) is 6.09. The van der Waals surface area contributed by atoms with Gasteiger partial charge in [-0.3, -0.25) is 4.90 Å². The maximum absolute atomic E-state index is 11.9. The van der Waals surface area contributed by atoms with Crippen LogP contribution in [0.3, 0.4) is 0 Å². The number of nitrogens with zero attached hydrogens (tertiary/aromatic N) is 1. The molecule has 1 N–H and O–H groups in total. The van der Waals surface area contributed by atoms with E-state index < -0.39 is 5.97 Å². The SMILES string of the molecule is CCOC(=O)C1=C(O)CCN(CC=C2Cc3ccc(OC)cc32)C1.Cc1ccccc1.Cl. The summed E-state index contributed by atoms with van der Waals surface area (Å²) < 4.78 is 10.3. The van der Waals surface area contributed by atoms with Crippen molar-refractivity contribution in [1.29, 1.82) is 0 Å². The molecule has 172 valence electrons. The van der Waals surface area contributed by atoms with Crippen LogP contribution in [-0.2, 0) is 16.0 Å². The number of allylic oxidation sites excluding steroid dienone is 1. The van der Waals surface area contributed by atoms with E-state index in [4.69, 9.17) is 9.47 Å². The lowest BCUT2D eigenvalue weighted by molar-refractivity contribution is -0.139. The Hall–Kier alpha value is -2.76. The van der Waals surface area contributed by atoms with Crippen molar-refractivity contribution in [2.24, 2.45) is 0 Å². The van der Waals surface area contributed by atoms with Crippen molar-refractivity contribution in [1.82, 2.24) is 4.90 Å². The number of esters is 1. The van der Waals surface area contributed by atoms with Crippen molar-refractivity contribution in [3.8, 4) is 5.75 Å². The molecule has 5 nitrogen and oxygen atoms in total. The molecule has 2 aromatic rings. The molecule has 2 aliphatic rings. The molecule has 2 aromatic carbocycles. The van der Waals surface area contributed by atoms with E-state index in [0.717, 1.165) is 25.3 Å². The number of fused-ring (bicyclic) bond motifs is 1. The van der Waals surface area contributed by atoms with Crippen LogP contribution in [0, 0.1) is 6.92 Å². The summed E-state index contributed by atoms with van der Waals surface area (Å²) in [7, 11) is 1.67. The summed E-state index contributed by atoms with van der Waals surface area (Å²) >= 11 is 0. The zero-order valence-corrected chi connectivity index (χ0v) is 19.8. The Balaban J connectivity index is 0.000000388. The van der Waals surface area contributed by atoms with Crippen molar-refractivity contribution in [2.75, 3.05) is 33.4 Å². The van der Waals surface area contributed by atoms with Crippen molar-refractivity contribution < 1.29 is 19.4 Å². The summed E-state index contributed by atoms with van der Waals surface area (Å²) in [5.74, 6) is 0.622. The van der Waals surface area contributed by atoms with Gasteiger partial charge in [0, 0.05) is 26.1 Å². The minimum atomic E-state index is -0.411. The molecular formula is C26H32ClNO4. The smallest absolute Gasteiger partial charge is 0.338 e. The fraction of sp³-hybridized carbons (Fsp3) is 0.346. The van der Waals surface area contributed by atoms with Crippen LogP contribution in [0.2, 0.25) is 0 Å². The van der Waals surface area contributed by atoms with E-state index in [0.29, 0.717) is 25.1 Å². The molecule has 4 rings (SSSR count). The highest BCUT2D eigenvalue weighted by Crippen LogP contribution is 2.36. The number of hydrogen-bond donors (Lipinski definition) is 1. The van der Waals surface area contributed by atoms with Crippen LogP contribution < -0.4 is 4.74 Å². The Kier molecular flexibility index (Phi) is 9.82. The molecule has 0 saturated carbocycles. The van der Waals surface area contributed by atoms with Crippen molar-refractivity contribution in [3.63, 3.8) is 0 Å². The summed E-state index contributed by atoms with van der Waals surface area (Å²) in [6, 6.07) is 16.4. The molecule has 0 unspecified atom stereocenters. The first-order valence-corrected chi connectivity index (χ1v) is 10.7. The number of ether oxygens (including phenoxy) is 2. The minimum Gasteiger partial charge on any atom is -0.512 e. The third-order valence-corrected chi connectivity index (χ3v) is 5.50. The van der Waals surface area contributed by atoms with Gasteiger partial charge in [-0.15, -0.1) is 12.4 Å². The highest BCUT2D eigenvalue weighted by Gasteiger charge is 2.25. The van der Waals surface area contributed by atoms with Crippen LogP contribution >= 0.6 is 12.4 Å². The van der Waals surface area contributed by atoms with Crippen LogP contribution in [0.1, 0.15) is 30.0 Å². The van der Waals surface area contributed by atoms with E-state index in [2.05, 4.69) is 42.2 Å². The van der Waals surface area contributed by atoms with Crippen molar-refractivity contribution in [3.05, 3.63) is 82.6 Å². The van der Waals surface area contributed by atoms with Crippen LogP contribution in [-0.4, -0.2) is 49.3 Å². The Bertz CT molecular complexity index is 969. The van der Waals surface area contributed by atoms with E-state index in [-0.39, 0.29) is 18.2 Å². The highest BCUT2D eigenvalue weighted by molar-refractivity contribution is 5.89. The number of hydrogen-bond acceptors (Lipinski definition) is 5. The molecular weight excluding hydrogens is 426 g/mol. The number of benzene rings is 2. The molecule has 0 fully saturated rings. The van der Waals surface area contributed by atoms with Gasteiger partial charge in [0.2, 0.25) is 0 Å². The second kappa shape index (κ2) is 12.3. The number of aliphatic hydroxyl groups is 1. The molecule has 0 bridgehead atoms. The first-order valence-electron chi connectivity index (χ1n) is 10.7. The molecule has 0 saturated heterocycles. The molecule has 1 aliphatic heterocycles. The third kappa shape index (κ3) is 6.62. The van der Waals surface area contributed by atoms with Gasteiger partial charge in [-0.2, -0.15) is 0 Å². The summed E-state index contributed by atoms with van der Waals surface area (Å²) in [5, 5.41) is 9.93. The average molecular weight is 458 g/mol. The number of aryl methyl sites for hydroxylation is 1. The molecule has 0 radical (unpaired) electrons. The predicted octanol–water partition coefficient (Wildman–Crippen LogP) is 5.13. The topological polar surface area (TPSA) is 59.0 Å². The fourth-order valence-corrected chi connectivity index (χ4v) is 3.65. The quantitative estimate of drug-likeness (QED) is 0.630. The minimum absolute atomic E-state index is 0. The predicted molar refractivity (Wildman–Crippen MR) is 130 cm³/mol. The second-order valence-corrected chi connectivity index (χ2v) is 7.71. The second-order valence-electron chi connectivity index (χ2n) is 7.71. The number of halogens is 1. The van der Waals surface area contributed by atoms with Crippen molar-refractivity contribution >= 4 is 23.9 Å². The van der Waals surface area contributed by atoms with Gasteiger partial charge in [-0.25, -0.2) is 4.79 Å². The van der Waals surface area contributed by atoms with Gasteiger partial charge in [0.05, 0.1) is 19.3 Å². The number of aliphatic hydroxyl groups excluding tert-OH is 1. The zero-order valence-electron chi connectivity index (χ0n) is 19.0. The van der Waals surface area contributed by atoms with E-state index in [1.54, 1.807) is 14.0 Å². The number of rotatable bonds is 5. The van der Waals surface area contributed by atoms with E-state index in [1.807, 2.05) is 24.3 Å². The van der Waals surface area contributed by atoms with Gasteiger partial charge in [-0.1, -0.05) is 48.0 Å². The lowest BCUT2D eigenvalue weighted by atomic mass is 9.82. The van der Waals surface area contributed by atoms with Gasteiger partial charge in [0.1, 0.15) is 11.5 Å². The van der Waals surface area contributed by atoms with Crippen molar-refractivity contribution in [2.45, 2.75) is 26.7 Å². The molecule has 0 amide bonds. The lowest BCUT2D eigenvalue weighted by Gasteiger charge is -2.29. The third-order valence-electron chi connectivity index (χ3n) is 5.50. The normalized spacial score (nSPS) is 16.2. The Morgan fingerprint density at radius 2 is 1.94 bits per heavy atom. The monoisotopic (exact) mass is 457 g/mol. The van der Waals surface area contributed by atoms with Crippen LogP contribution in [0.4, 0.5) is 0 Å². The largest absolute Gasteiger partial charge is 0.512 e. The fourth-order valence-electron chi connectivity index (χ4n) is 3.65. The number of methoxy groups -OCH3 is 1. The first-order chi connectivity index (χ1) is 15.0. The standard InChI is InChI=1S/C19H23NO4.C7H8.ClH/c1-3-24-19(22)17-12-20(9-7-18(17)21)8-6-14-10-13-4-5-15(23-2)11-16(13)14;1-7-5-3-2-4-6-7;/h4-6,11,21H,3,7-10,12H2,1-2H3;2-6H,1H3;1H. The van der Waals surface area contributed by atoms with Gasteiger partial charge >= 0.3 is 5.97 Å². The van der Waals surface area contributed by atoms with Gasteiger partial charge < -0.3 is 14.6 Å². The molecule has 32 heavy (non-hydrogen) atoms. The van der Waals surface area contributed by atoms with Crippen LogP contribution in [0.5, 0.6) is 5.75 Å². The lowest BCUT2D eigenvalue weighted by Crippen LogP contribution is -2.35. The molecule has 0 aromatic heterocycles. The Morgan fingerprint density at radius 1 is 1.19 bits per heavy atom. The molecule has 1 aliphatic carbocycles. The molecule has 0 atom stereocenters. The van der Waals surface area contributed by atoms with Gasteiger partial charge in [0.25, 0.3) is 0 Å². The highest BCUT2D eigenvalue weighted by atomic mass is 35.5. The maximum Gasteiger partial charge on any atom is 0.338 e. The Morgan fingerprint density at radius 3 is 2.56 bits per heavy atom. The van der Waals surface area contributed by atoms with Crippen LogP contribution in [0.15, 0.2) is 65.9 Å². The van der Waals surface area contributed by atoms with Gasteiger partial charge in [-0.05, 0) is 49.1 Å². The summed E-state index contributed by atoms with van der Waals surface area (Å²) in [4.78, 5) is 14.0. The summed E-state index contributed by atoms with van der Waals surface area (Å²) in [5.41, 5.74) is 5.60. The van der Waals surface area contributed by atoms with E-state index >= 15 is 0 Å². The van der Waals surface area contributed by atoms with Gasteiger partial charge in [0.15, 0.2) is 0 Å². The Labute approximate surface area is 196 Å². The maximum atomic E-state index is 11.9. The van der Waals surface area contributed by atoms with Crippen LogP contribution in [0.25, 0.3) is 5.57 Å². The molecule has 0 spiro atoms. The zero-order chi connectivity index (χ0) is 22.2. The number of carbonyl (C=O) groups excluding carboxylic acids is 1. The van der Waals surface area contributed by atoms with E-state index in [1.165, 1.54) is 22.3 Å². The number of carbonyl (C=O) groups is 1. The molecule has 6 heteroatoms. The summed E-state index contributed by atoms with van der Waals surface area (Å²) in [6.07, 6.45) is 3.66. The average Bonchev–Trinajstić information content (AvgIpc) is 2.76.